The zero-order valence-corrected chi connectivity index (χ0v) is 15.8. The fraction of sp³-hybridized carbons (Fsp3) is 1.00. The van der Waals surface area contributed by atoms with Crippen molar-refractivity contribution in [2.45, 2.75) is 79.1 Å². The summed E-state index contributed by atoms with van der Waals surface area (Å²) >= 11 is -3.26. The predicted octanol–water partition coefficient (Wildman–Crippen LogP) is 0.883. The van der Waals surface area contributed by atoms with E-state index in [1.807, 2.05) is 0 Å². The van der Waals surface area contributed by atoms with E-state index in [-0.39, 0.29) is 6.61 Å². The van der Waals surface area contributed by atoms with E-state index < -0.39 is 49.9 Å². The Bertz CT molecular complexity index is 321. The molecule has 7 heteroatoms. The van der Waals surface area contributed by atoms with Gasteiger partial charge < -0.3 is 0 Å². The molecule has 2 heterocycles. The monoisotopic (exact) mass is 412 g/mol. The van der Waals surface area contributed by atoms with Gasteiger partial charge in [-0.2, -0.15) is 0 Å². The van der Waals surface area contributed by atoms with Crippen LogP contribution in [-0.4, -0.2) is 71.8 Å². The van der Waals surface area contributed by atoms with Crippen molar-refractivity contribution in [2.24, 2.45) is 0 Å². The maximum absolute atomic E-state index is 10.3. The van der Waals surface area contributed by atoms with Gasteiger partial charge in [-0.25, -0.2) is 0 Å². The summed E-state index contributed by atoms with van der Waals surface area (Å²) in [6.07, 6.45) is 0.224. The average Bonchev–Trinajstić information content (AvgIpc) is 2.88. The van der Waals surface area contributed by atoms with Crippen molar-refractivity contribution in [3.05, 3.63) is 0 Å². The van der Waals surface area contributed by atoms with Gasteiger partial charge in [0, 0.05) is 0 Å². The van der Waals surface area contributed by atoms with Gasteiger partial charge in [-0.3, -0.25) is 0 Å². The first-order chi connectivity index (χ1) is 10.1. The molecule has 6 nitrogen and oxygen atoms in total. The summed E-state index contributed by atoms with van der Waals surface area (Å²) in [4.78, 5) is 0. The fourth-order valence-electron chi connectivity index (χ4n) is 3.09. The molecule has 0 spiro atoms. The van der Waals surface area contributed by atoms with Crippen molar-refractivity contribution in [3.8, 4) is 0 Å². The molecule has 3 N–H and O–H groups in total. The van der Waals surface area contributed by atoms with Crippen LogP contribution < -0.4 is 0 Å². The summed E-state index contributed by atoms with van der Waals surface area (Å²) in [5, 5.41) is 29.6. The van der Waals surface area contributed by atoms with Gasteiger partial charge in [0.15, 0.2) is 0 Å². The van der Waals surface area contributed by atoms with Gasteiger partial charge in [0.1, 0.15) is 0 Å². The van der Waals surface area contributed by atoms with Crippen LogP contribution in [0.4, 0.5) is 0 Å². The molecule has 0 unspecified atom stereocenters. The Morgan fingerprint density at radius 2 is 1.52 bits per heavy atom. The van der Waals surface area contributed by atoms with Crippen molar-refractivity contribution in [1.82, 2.24) is 0 Å². The van der Waals surface area contributed by atoms with Crippen LogP contribution in [0.3, 0.4) is 0 Å². The first-order valence-corrected chi connectivity index (χ1v) is 14.4. The molecular formula is C14H28O6Sn. The SMILES string of the molecule is CCC[CH2][Sn]1([CH2]CCC)[O][C@@H]2[C@H](O)[C@@H](CO)O[C@@H](O)[C@H]2[O]1. The Balaban J connectivity index is 2.12. The number of unbranched alkanes of at least 4 members (excludes halogenated alkanes) is 2. The van der Waals surface area contributed by atoms with Crippen molar-refractivity contribution in [2.75, 3.05) is 6.61 Å². The van der Waals surface area contributed by atoms with E-state index in [2.05, 4.69) is 13.8 Å². The molecule has 0 saturated carbocycles. The van der Waals surface area contributed by atoms with E-state index in [9.17, 15) is 15.3 Å². The summed E-state index contributed by atoms with van der Waals surface area (Å²) in [6.45, 7) is 3.93. The van der Waals surface area contributed by atoms with E-state index >= 15 is 0 Å². The van der Waals surface area contributed by atoms with Crippen molar-refractivity contribution in [1.29, 1.82) is 0 Å². The molecule has 0 aromatic carbocycles. The number of aliphatic hydroxyl groups excluding tert-OH is 3. The summed E-state index contributed by atoms with van der Waals surface area (Å²) in [7, 11) is 0. The standard InChI is InChI=1S/C6H10O6.2C4H9.Sn/c7-1-2-3(8)4(9)5(10)6(11)12-2;2*1-3-4-2;/h2-8,11H,1H2;2*1,3-4H2,2H3;/q-2;;;+2/t2-,3-,4-,5+,6-;;;/m1.../s1. The predicted molar refractivity (Wildman–Crippen MR) is 78.9 cm³/mol. The molecule has 2 fully saturated rings. The number of rotatable bonds is 7. The second-order valence-corrected chi connectivity index (χ2v) is 15.4. The normalized spacial score (nSPS) is 38.4. The van der Waals surface area contributed by atoms with Crippen LogP contribution in [0.2, 0.25) is 8.87 Å². The second kappa shape index (κ2) is 7.90. The van der Waals surface area contributed by atoms with E-state index in [1.54, 1.807) is 0 Å². The Morgan fingerprint density at radius 3 is 2.05 bits per heavy atom. The van der Waals surface area contributed by atoms with Crippen LogP contribution in [0.1, 0.15) is 39.5 Å². The number of ether oxygens (including phenoxy) is 1. The van der Waals surface area contributed by atoms with E-state index in [0.29, 0.717) is 0 Å². The minimum absolute atomic E-state index is 0.336. The Hall–Kier alpha value is 0.559. The second-order valence-electron chi connectivity index (χ2n) is 6.02. The molecule has 2 aliphatic rings. The van der Waals surface area contributed by atoms with Gasteiger partial charge in [0.2, 0.25) is 0 Å². The van der Waals surface area contributed by atoms with Crippen LogP contribution in [0.5, 0.6) is 0 Å². The molecule has 0 aromatic rings. The van der Waals surface area contributed by atoms with Crippen LogP contribution in [0.25, 0.3) is 0 Å². The van der Waals surface area contributed by atoms with Crippen molar-refractivity contribution in [3.63, 3.8) is 0 Å². The van der Waals surface area contributed by atoms with Gasteiger partial charge in [0.25, 0.3) is 0 Å². The Kier molecular flexibility index (Phi) is 6.73. The molecular weight excluding hydrogens is 383 g/mol. The van der Waals surface area contributed by atoms with Gasteiger partial charge in [-0.15, -0.1) is 0 Å². The third kappa shape index (κ3) is 3.91. The number of fused-ring (bicyclic) bond motifs is 1. The number of aliphatic hydroxyl groups is 3. The summed E-state index contributed by atoms with van der Waals surface area (Å²) in [5.41, 5.74) is 0. The van der Waals surface area contributed by atoms with Crippen molar-refractivity contribution >= 4 is 19.2 Å². The zero-order valence-electron chi connectivity index (χ0n) is 12.9. The molecule has 21 heavy (non-hydrogen) atoms. The quantitative estimate of drug-likeness (QED) is 0.540. The first-order valence-electron chi connectivity index (χ1n) is 8.05. The summed E-state index contributed by atoms with van der Waals surface area (Å²) in [5.74, 6) is 0. The Morgan fingerprint density at radius 1 is 0.952 bits per heavy atom. The van der Waals surface area contributed by atoms with E-state index in [4.69, 9.17) is 10.9 Å². The zero-order chi connectivity index (χ0) is 15.5. The molecule has 0 radical (unpaired) electrons. The molecule has 2 aliphatic heterocycles. The van der Waals surface area contributed by atoms with Gasteiger partial charge >= 0.3 is 131 Å². The fourth-order valence-corrected chi connectivity index (χ4v) is 14.7. The summed E-state index contributed by atoms with van der Waals surface area (Å²) < 4.78 is 19.6. The average molecular weight is 411 g/mol. The van der Waals surface area contributed by atoms with Crippen LogP contribution in [0.15, 0.2) is 0 Å². The van der Waals surface area contributed by atoms with Gasteiger partial charge in [-0.1, -0.05) is 0 Å². The molecule has 5 atom stereocenters. The maximum atomic E-state index is 10.3. The minimum atomic E-state index is -3.26. The number of hydrogen-bond acceptors (Lipinski definition) is 6. The molecule has 2 saturated heterocycles. The third-order valence-electron chi connectivity index (χ3n) is 4.34. The topological polar surface area (TPSA) is 88.4 Å². The van der Waals surface area contributed by atoms with Gasteiger partial charge in [0.05, 0.1) is 0 Å². The Labute approximate surface area is 131 Å². The van der Waals surface area contributed by atoms with Crippen LogP contribution in [0, 0.1) is 0 Å². The molecule has 0 bridgehead atoms. The summed E-state index contributed by atoms with van der Waals surface area (Å²) in [6, 6.07) is 0. The van der Waals surface area contributed by atoms with Crippen LogP contribution in [-0.2, 0) is 10.9 Å². The van der Waals surface area contributed by atoms with E-state index in [0.717, 1.165) is 34.6 Å². The van der Waals surface area contributed by atoms with E-state index in [1.165, 1.54) is 0 Å². The molecule has 0 aromatic heterocycles. The van der Waals surface area contributed by atoms with Crippen molar-refractivity contribution < 1.29 is 26.2 Å². The molecule has 2 rings (SSSR count). The third-order valence-corrected chi connectivity index (χ3v) is 14.7. The molecule has 0 amide bonds. The molecule has 124 valence electrons. The first kappa shape index (κ1) is 17.9. The molecule has 0 aliphatic carbocycles. The number of hydrogen-bond donors (Lipinski definition) is 3. The van der Waals surface area contributed by atoms with Gasteiger partial charge in [-0.05, 0) is 0 Å². The van der Waals surface area contributed by atoms with Crippen LogP contribution >= 0.6 is 0 Å².